The average molecular weight is 394 g/mol. The number of H-pyrrole nitrogens is 1. The number of halogens is 3. The molecular weight excluding hydrogens is 377 g/mol. The van der Waals surface area contributed by atoms with E-state index >= 15 is 0 Å². The Balaban J connectivity index is 1.97. The Labute approximate surface area is 158 Å². The highest BCUT2D eigenvalue weighted by Gasteiger charge is 2.30. The molecule has 1 heterocycles. The second-order valence-corrected chi connectivity index (χ2v) is 5.82. The van der Waals surface area contributed by atoms with Gasteiger partial charge in [0.15, 0.2) is 11.5 Å². The number of ether oxygens (including phenoxy) is 3. The number of nitrogens with one attached hydrogen (secondary N) is 2. The van der Waals surface area contributed by atoms with Crippen LogP contribution in [0.1, 0.15) is 16.1 Å². The molecule has 0 fully saturated rings. The second-order valence-electron chi connectivity index (χ2n) is 5.82. The Morgan fingerprint density at radius 2 is 1.71 bits per heavy atom. The number of hydrogen-bond acceptors (Lipinski definition) is 4. The lowest BCUT2D eigenvalue weighted by Gasteiger charge is -2.12. The Morgan fingerprint density at radius 3 is 2.32 bits per heavy atom. The third-order valence-electron chi connectivity index (χ3n) is 4.12. The number of aromatic nitrogens is 1. The Morgan fingerprint density at radius 1 is 1.00 bits per heavy atom. The van der Waals surface area contributed by atoms with Gasteiger partial charge >= 0.3 is 6.18 Å². The maximum Gasteiger partial charge on any atom is 0.416 e. The van der Waals surface area contributed by atoms with Crippen molar-refractivity contribution in [3.05, 3.63) is 47.7 Å². The number of anilines is 1. The SMILES string of the molecule is COc1cc2[nH]c(C(=O)Nc3cccc(C(F)(F)F)c3)cc2c(OC)c1OC. The summed E-state index contributed by atoms with van der Waals surface area (Å²) < 4.78 is 54.5. The molecule has 9 heteroatoms. The van der Waals surface area contributed by atoms with Gasteiger partial charge in [0.25, 0.3) is 5.91 Å². The summed E-state index contributed by atoms with van der Waals surface area (Å²) in [5, 5.41) is 3.02. The lowest BCUT2D eigenvalue weighted by atomic mass is 10.2. The first-order valence-corrected chi connectivity index (χ1v) is 8.08. The Hall–Kier alpha value is -3.36. The van der Waals surface area contributed by atoms with Gasteiger partial charge in [-0.3, -0.25) is 4.79 Å². The summed E-state index contributed by atoms with van der Waals surface area (Å²) in [6.45, 7) is 0. The van der Waals surface area contributed by atoms with Crippen LogP contribution in [0, 0.1) is 0 Å². The number of amides is 1. The molecule has 148 valence electrons. The van der Waals surface area contributed by atoms with Crippen molar-refractivity contribution in [2.45, 2.75) is 6.18 Å². The van der Waals surface area contributed by atoms with Crippen LogP contribution in [0.5, 0.6) is 17.2 Å². The molecule has 0 saturated carbocycles. The van der Waals surface area contributed by atoms with Crippen molar-refractivity contribution < 1.29 is 32.2 Å². The number of carbonyl (C=O) groups is 1. The average Bonchev–Trinajstić information content (AvgIpc) is 3.09. The van der Waals surface area contributed by atoms with E-state index in [0.29, 0.717) is 28.2 Å². The maximum atomic E-state index is 12.8. The standard InChI is InChI=1S/C19H17F3N2O4/c1-26-15-9-13-12(16(27-2)17(15)28-3)8-14(24-13)18(25)23-11-6-4-5-10(7-11)19(20,21)22/h4-9,24H,1-3H3,(H,23,25). The van der Waals surface area contributed by atoms with Crippen LogP contribution < -0.4 is 19.5 Å². The van der Waals surface area contributed by atoms with Gasteiger partial charge in [-0.15, -0.1) is 0 Å². The number of rotatable bonds is 5. The van der Waals surface area contributed by atoms with Gasteiger partial charge in [0.05, 0.1) is 32.4 Å². The fraction of sp³-hybridized carbons (Fsp3) is 0.211. The van der Waals surface area contributed by atoms with Crippen LogP contribution >= 0.6 is 0 Å². The Bertz CT molecular complexity index is 1030. The molecule has 2 N–H and O–H groups in total. The third-order valence-corrected chi connectivity index (χ3v) is 4.12. The number of alkyl halides is 3. The molecule has 1 amide bonds. The van der Waals surface area contributed by atoms with Gasteiger partial charge in [-0.25, -0.2) is 0 Å². The molecule has 0 saturated heterocycles. The number of aromatic amines is 1. The van der Waals surface area contributed by atoms with Gasteiger partial charge in [0.2, 0.25) is 5.75 Å². The predicted octanol–water partition coefficient (Wildman–Crippen LogP) is 4.46. The van der Waals surface area contributed by atoms with Crippen LogP contribution in [0.3, 0.4) is 0 Å². The molecule has 0 spiro atoms. The number of fused-ring (bicyclic) bond motifs is 1. The molecule has 3 rings (SSSR count). The van der Waals surface area contributed by atoms with Gasteiger partial charge in [0, 0.05) is 17.1 Å². The number of benzene rings is 2. The third kappa shape index (κ3) is 3.55. The molecule has 0 bridgehead atoms. The number of carbonyl (C=O) groups excluding carboxylic acids is 1. The fourth-order valence-corrected chi connectivity index (χ4v) is 2.84. The van der Waals surface area contributed by atoms with Gasteiger partial charge in [-0.2, -0.15) is 13.2 Å². The van der Waals surface area contributed by atoms with Crippen molar-refractivity contribution >= 4 is 22.5 Å². The van der Waals surface area contributed by atoms with E-state index in [4.69, 9.17) is 14.2 Å². The zero-order valence-electron chi connectivity index (χ0n) is 15.2. The summed E-state index contributed by atoms with van der Waals surface area (Å²) in [4.78, 5) is 15.4. The molecule has 2 aromatic carbocycles. The monoisotopic (exact) mass is 394 g/mol. The lowest BCUT2D eigenvalue weighted by Crippen LogP contribution is -2.13. The summed E-state index contributed by atoms with van der Waals surface area (Å²) in [5.41, 5.74) is -0.136. The van der Waals surface area contributed by atoms with E-state index in [1.165, 1.54) is 39.5 Å². The zero-order valence-corrected chi connectivity index (χ0v) is 15.2. The van der Waals surface area contributed by atoms with Crippen LogP contribution in [-0.2, 0) is 6.18 Å². The Kier molecular flexibility index (Phi) is 5.08. The van der Waals surface area contributed by atoms with E-state index in [0.717, 1.165) is 12.1 Å². The summed E-state index contributed by atoms with van der Waals surface area (Å²) in [6.07, 6.45) is -4.50. The molecule has 1 aromatic heterocycles. The predicted molar refractivity (Wildman–Crippen MR) is 97.4 cm³/mol. The molecule has 0 atom stereocenters. The summed E-state index contributed by atoms with van der Waals surface area (Å²) >= 11 is 0. The first-order valence-electron chi connectivity index (χ1n) is 8.08. The van der Waals surface area contributed by atoms with Crippen molar-refractivity contribution in [3.63, 3.8) is 0 Å². The smallest absolute Gasteiger partial charge is 0.416 e. The molecule has 28 heavy (non-hydrogen) atoms. The highest BCUT2D eigenvalue weighted by atomic mass is 19.4. The maximum absolute atomic E-state index is 12.8. The van der Waals surface area contributed by atoms with E-state index < -0.39 is 17.6 Å². The van der Waals surface area contributed by atoms with Crippen molar-refractivity contribution in [2.75, 3.05) is 26.6 Å². The highest BCUT2D eigenvalue weighted by Crippen LogP contribution is 2.43. The zero-order chi connectivity index (χ0) is 20.5. The topological polar surface area (TPSA) is 72.6 Å². The molecule has 0 radical (unpaired) electrons. The number of hydrogen-bond donors (Lipinski definition) is 2. The molecule has 6 nitrogen and oxygen atoms in total. The number of methoxy groups -OCH3 is 3. The van der Waals surface area contributed by atoms with Crippen LogP contribution in [0.25, 0.3) is 10.9 Å². The van der Waals surface area contributed by atoms with Gasteiger partial charge in [-0.05, 0) is 24.3 Å². The molecule has 0 aliphatic heterocycles. The van der Waals surface area contributed by atoms with E-state index in [2.05, 4.69) is 10.3 Å². The first kappa shape index (κ1) is 19.4. The highest BCUT2D eigenvalue weighted by molar-refractivity contribution is 6.07. The van der Waals surface area contributed by atoms with E-state index in [-0.39, 0.29) is 11.4 Å². The van der Waals surface area contributed by atoms with Gasteiger partial charge < -0.3 is 24.5 Å². The largest absolute Gasteiger partial charge is 0.493 e. The fourth-order valence-electron chi connectivity index (χ4n) is 2.84. The quantitative estimate of drug-likeness (QED) is 0.670. The second kappa shape index (κ2) is 7.34. The first-order chi connectivity index (χ1) is 13.3. The van der Waals surface area contributed by atoms with Crippen molar-refractivity contribution in [1.82, 2.24) is 4.98 Å². The van der Waals surface area contributed by atoms with Crippen LogP contribution in [0.15, 0.2) is 36.4 Å². The summed E-state index contributed by atoms with van der Waals surface area (Å²) in [5.74, 6) is 0.529. The molecular formula is C19H17F3N2O4. The summed E-state index contributed by atoms with van der Waals surface area (Å²) in [7, 11) is 4.37. The minimum absolute atomic E-state index is 0.0283. The van der Waals surface area contributed by atoms with Crippen molar-refractivity contribution in [3.8, 4) is 17.2 Å². The minimum Gasteiger partial charge on any atom is -0.493 e. The normalized spacial score (nSPS) is 11.4. The molecule has 0 aliphatic rings. The van der Waals surface area contributed by atoms with Crippen LogP contribution in [0.2, 0.25) is 0 Å². The van der Waals surface area contributed by atoms with Gasteiger partial charge in [0.1, 0.15) is 5.69 Å². The van der Waals surface area contributed by atoms with Crippen LogP contribution in [-0.4, -0.2) is 32.2 Å². The van der Waals surface area contributed by atoms with Gasteiger partial charge in [-0.1, -0.05) is 6.07 Å². The van der Waals surface area contributed by atoms with E-state index in [1.807, 2.05) is 0 Å². The molecule has 0 unspecified atom stereocenters. The van der Waals surface area contributed by atoms with E-state index in [9.17, 15) is 18.0 Å². The van der Waals surface area contributed by atoms with Crippen molar-refractivity contribution in [1.29, 1.82) is 0 Å². The van der Waals surface area contributed by atoms with Crippen LogP contribution in [0.4, 0.5) is 18.9 Å². The molecule has 3 aromatic rings. The minimum atomic E-state index is -4.50. The summed E-state index contributed by atoms with van der Waals surface area (Å²) in [6, 6.07) is 7.57. The van der Waals surface area contributed by atoms with Crippen molar-refractivity contribution in [2.24, 2.45) is 0 Å². The van der Waals surface area contributed by atoms with E-state index in [1.54, 1.807) is 6.07 Å². The molecule has 0 aliphatic carbocycles. The lowest BCUT2D eigenvalue weighted by molar-refractivity contribution is -0.137.